The van der Waals surface area contributed by atoms with Crippen LogP contribution in [0.5, 0.6) is 0 Å². The van der Waals surface area contributed by atoms with Gasteiger partial charge in [-0.1, -0.05) is 12.1 Å². The van der Waals surface area contributed by atoms with Crippen molar-refractivity contribution in [3.05, 3.63) is 63.0 Å². The van der Waals surface area contributed by atoms with Crippen LogP contribution in [0.3, 0.4) is 0 Å². The zero-order valence-corrected chi connectivity index (χ0v) is 28.8. The van der Waals surface area contributed by atoms with E-state index in [0.717, 1.165) is 0 Å². The number of rotatable bonds is 10. The number of benzene rings is 1. The van der Waals surface area contributed by atoms with E-state index in [9.17, 15) is 14.0 Å². The molecule has 3 aliphatic heterocycles. The minimum atomic E-state index is -3.04. The molecule has 13 heteroatoms. The molecule has 0 unspecified atom stereocenters. The number of carbonyl (C=O) groups excluding carboxylic acids is 2. The minimum Gasteiger partial charge on any atom is -0.463 e. The number of likely N-dealkylation sites (tertiary alicyclic amines) is 2. The van der Waals surface area contributed by atoms with Gasteiger partial charge in [0.05, 0.1) is 30.2 Å². The Morgan fingerprint density at radius 1 is 1.17 bits per heavy atom. The number of hydrogen-bond donors (Lipinski definition) is 1. The first-order valence-electron chi connectivity index (χ1n) is 16.0. The average molecular weight is 676 g/mol. The number of alkyl halides is 2. The van der Waals surface area contributed by atoms with Crippen molar-refractivity contribution >= 4 is 29.1 Å². The van der Waals surface area contributed by atoms with Gasteiger partial charge in [-0.2, -0.15) is 0 Å². The molecule has 0 radical (unpaired) electrons. The van der Waals surface area contributed by atoms with E-state index in [2.05, 4.69) is 10.3 Å². The van der Waals surface area contributed by atoms with E-state index in [1.165, 1.54) is 17.4 Å². The second-order valence-corrected chi connectivity index (χ2v) is 14.9. The Labute approximate surface area is 278 Å². The number of fused-ring (bicyclic) bond motifs is 1. The Bertz CT molecular complexity index is 1550. The van der Waals surface area contributed by atoms with Crippen molar-refractivity contribution in [2.45, 2.75) is 91.0 Å². The van der Waals surface area contributed by atoms with Gasteiger partial charge in [0.1, 0.15) is 17.5 Å². The number of carbonyl (C=O) groups is 2. The van der Waals surface area contributed by atoms with Crippen LogP contribution >= 0.6 is 11.3 Å². The van der Waals surface area contributed by atoms with Gasteiger partial charge < -0.3 is 14.8 Å². The van der Waals surface area contributed by atoms with Gasteiger partial charge in [0.2, 0.25) is 0 Å². The van der Waals surface area contributed by atoms with Crippen LogP contribution in [0.15, 0.2) is 46.0 Å². The molecule has 3 atom stereocenters. The van der Waals surface area contributed by atoms with Crippen molar-refractivity contribution < 1.29 is 32.2 Å². The highest BCUT2D eigenvalue weighted by molar-refractivity contribution is 7.11. The van der Waals surface area contributed by atoms with E-state index >= 15 is 8.78 Å². The lowest BCUT2D eigenvalue weighted by molar-refractivity contribution is -0.166. The largest absolute Gasteiger partial charge is 0.463 e. The van der Waals surface area contributed by atoms with E-state index in [4.69, 9.17) is 14.5 Å². The fourth-order valence-electron chi connectivity index (χ4n) is 6.58. The second kappa shape index (κ2) is 13.3. The van der Waals surface area contributed by atoms with E-state index in [1.807, 2.05) is 0 Å². The first-order valence-corrected chi connectivity index (χ1v) is 16.9. The van der Waals surface area contributed by atoms with Crippen LogP contribution in [-0.2, 0) is 19.1 Å². The highest BCUT2D eigenvalue weighted by Crippen LogP contribution is 2.43. The molecule has 0 bridgehead atoms. The molecule has 256 valence electrons. The Morgan fingerprint density at radius 3 is 2.57 bits per heavy atom. The summed E-state index contributed by atoms with van der Waals surface area (Å²) in [5, 5.41) is 5.57. The topological polar surface area (TPSA) is 96.4 Å². The summed E-state index contributed by atoms with van der Waals surface area (Å²) in [5.41, 5.74) is -0.159. The molecule has 0 saturated carbocycles. The molecule has 9 nitrogen and oxygen atoms in total. The third kappa shape index (κ3) is 7.41. The molecular weight excluding hydrogens is 631 g/mol. The van der Waals surface area contributed by atoms with Gasteiger partial charge in [-0.15, -0.1) is 11.3 Å². The summed E-state index contributed by atoms with van der Waals surface area (Å²) in [5.74, 6) is -4.12. The van der Waals surface area contributed by atoms with E-state index in [-0.39, 0.29) is 24.7 Å². The number of ether oxygens (including phenoxy) is 2. The molecule has 1 N–H and O–H groups in total. The zero-order chi connectivity index (χ0) is 34.3. The van der Waals surface area contributed by atoms with Gasteiger partial charge in [0, 0.05) is 36.4 Å². The van der Waals surface area contributed by atoms with Crippen molar-refractivity contribution in [2.75, 3.05) is 32.8 Å². The molecule has 47 heavy (non-hydrogen) atoms. The number of nitrogens with one attached hydrogen (secondary N) is 1. The molecule has 4 heterocycles. The lowest BCUT2D eigenvalue weighted by atomic mass is 9.88. The number of nitrogens with zero attached hydrogens (tertiary/aromatic N) is 4. The van der Waals surface area contributed by atoms with Crippen LogP contribution in [0.4, 0.5) is 13.2 Å². The Kier molecular flexibility index (Phi) is 9.92. The Morgan fingerprint density at radius 2 is 1.91 bits per heavy atom. The SMILES string of the molecule is CCOC(=O)C1=C(CN2CC(F)(F)[C@H]3[C@@H]2CCN3CCC(C)(C)C(=O)OC(C)(C)C)NC(c2nccs2)=N[C@H]1c1cccc(F)c1C. The monoisotopic (exact) mass is 675 g/mol. The number of amidine groups is 1. The maximum absolute atomic E-state index is 15.9. The van der Waals surface area contributed by atoms with Crippen molar-refractivity contribution in [2.24, 2.45) is 10.4 Å². The fraction of sp³-hybridized carbons (Fsp3) is 0.588. The quantitative estimate of drug-likeness (QED) is 0.323. The first kappa shape index (κ1) is 35.0. The van der Waals surface area contributed by atoms with Gasteiger partial charge >= 0.3 is 11.9 Å². The number of halogens is 3. The van der Waals surface area contributed by atoms with Crippen molar-refractivity contribution in [1.29, 1.82) is 0 Å². The van der Waals surface area contributed by atoms with Gasteiger partial charge in [-0.3, -0.25) is 19.6 Å². The lowest BCUT2D eigenvalue weighted by Gasteiger charge is -2.33. The Balaban J connectivity index is 1.45. The highest BCUT2D eigenvalue weighted by atomic mass is 32.1. The van der Waals surface area contributed by atoms with Crippen molar-refractivity contribution in [3.8, 4) is 0 Å². The molecule has 0 aliphatic carbocycles. The Hall–Kier alpha value is -3.29. The maximum atomic E-state index is 15.9. The highest BCUT2D eigenvalue weighted by Gasteiger charge is 2.59. The molecule has 0 amide bonds. The fourth-order valence-corrected chi connectivity index (χ4v) is 7.17. The van der Waals surface area contributed by atoms with Crippen LogP contribution < -0.4 is 5.32 Å². The second-order valence-electron chi connectivity index (χ2n) is 14.0. The third-order valence-corrected chi connectivity index (χ3v) is 9.76. The molecule has 2 aromatic rings. The summed E-state index contributed by atoms with van der Waals surface area (Å²) in [6.45, 7) is 12.6. The van der Waals surface area contributed by atoms with E-state index in [1.54, 1.807) is 82.0 Å². The number of thiazole rings is 1. The molecule has 5 rings (SSSR count). The summed E-state index contributed by atoms with van der Waals surface area (Å²) >= 11 is 1.34. The molecule has 3 aliphatic rings. The molecular formula is C34H44F3N5O4S. The summed E-state index contributed by atoms with van der Waals surface area (Å²) in [6.07, 6.45) is 2.48. The smallest absolute Gasteiger partial charge is 0.338 e. The normalized spacial score (nSPS) is 23.4. The van der Waals surface area contributed by atoms with Crippen LogP contribution in [0.2, 0.25) is 0 Å². The predicted molar refractivity (Wildman–Crippen MR) is 174 cm³/mol. The summed E-state index contributed by atoms with van der Waals surface area (Å²) in [4.78, 5) is 39.1. The number of esters is 2. The maximum Gasteiger partial charge on any atom is 0.338 e. The van der Waals surface area contributed by atoms with Crippen LogP contribution in [0.1, 0.15) is 76.6 Å². The standard InChI is InChI=1S/C34H44F3N5O4S/c1-8-45-30(43)25-23(39-28(29-38-14-17-47-29)40-26(25)21-10-9-11-22(35)20(21)2)18-42-19-34(36,37)27-24(42)12-15-41(27)16-13-33(6,7)31(44)46-32(3,4)5/h9-11,14,17,24,26-27H,8,12-13,15-16,18-19H2,1-7H3,(H,39,40)/t24-,26-,27+/m0/s1. The third-order valence-electron chi connectivity index (χ3n) is 8.98. The predicted octanol–water partition coefficient (Wildman–Crippen LogP) is 5.65. The molecule has 0 spiro atoms. The molecule has 1 aromatic carbocycles. The van der Waals surface area contributed by atoms with Gasteiger partial charge in [0.25, 0.3) is 5.92 Å². The van der Waals surface area contributed by atoms with Crippen molar-refractivity contribution in [1.82, 2.24) is 20.1 Å². The molecule has 2 fully saturated rings. The summed E-state index contributed by atoms with van der Waals surface area (Å²) in [7, 11) is 0. The van der Waals surface area contributed by atoms with E-state index < -0.39 is 53.4 Å². The lowest BCUT2D eigenvalue weighted by Crippen LogP contribution is -2.47. The number of aromatic nitrogens is 1. The van der Waals surface area contributed by atoms with Crippen LogP contribution in [0, 0.1) is 18.2 Å². The summed E-state index contributed by atoms with van der Waals surface area (Å²) in [6, 6.07) is 2.12. The number of hydrogen-bond acceptors (Lipinski definition) is 10. The summed E-state index contributed by atoms with van der Waals surface area (Å²) < 4.78 is 57.6. The molecule has 2 saturated heterocycles. The minimum absolute atomic E-state index is 0.00257. The average Bonchev–Trinajstić information content (AvgIpc) is 3.71. The van der Waals surface area contributed by atoms with Gasteiger partial charge in [0.15, 0.2) is 10.8 Å². The first-order chi connectivity index (χ1) is 22.0. The van der Waals surface area contributed by atoms with Crippen molar-refractivity contribution in [3.63, 3.8) is 0 Å². The number of aliphatic imine (C=N–C) groups is 1. The zero-order valence-electron chi connectivity index (χ0n) is 28.0. The molecule has 1 aromatic heterocycles. The van der Waals surface area contributed by atoms with Crippen LogP contribution in [0.25, 0.3) is 0 Å². The van der Waals surface area contributed by atoms with Gasteiger partial charge in [-0.05, 0) is 85.0 Å². The van der Waals surface area contributed by atoms with Gasteiger partial charge in [-0.25, -0.2) is 22.9 Å². The van der Waals surface area contributed by atoms with Crippen LogP contribution in [-0.4, -0.2) is 89.0 Å². The van der Waals surface area contributed by atoms with E-state index in [0.29, 0.717) is 53.6 Å².